The maximum absolute atomic E-state index is 9.05. The molecule has 7 heteroatoms. The second kappa shape index (κ2) is 6.80. The maximum atomic E-state index is 9.05. The van der Waals surface area contributed by atoms with Gasteiger partial charge >= 0.3 is 0 Å². The fourth-order valence-corrected chi connectivity index (χ4v) is 2.98. The van der Waals surface area contributed by atoms with E-state index in [-0.39, 0.29) is 5.69 Å². The molecule has 3 rings (SSSR count). The number of pyridine rings is 1. The minimum Gasteiger partial charge on any atom is -0.356 e. The van der Waals surface area contributed by atoms with Gasteiger partial charge in [0.2, 0.25) is 0 Å². The quantitative estimate of drug-likeness (QED) is 0.862. The summed E-state index contributed by atoms with van der Waals surface area (Å²) in [7, 11) is 2.05. The van der Waals surface area contributed by atoms with E-state index in [0.29, 0.717) is 11.1 Å². The number of nitrogens with zero attached hydrogens (tertiary/aromatic N) is 6. The Bertz CT molecular complexity index is 706. The van der Waals surface area contributed by atoms with Gasteiger partial charge in [0.25, 0.3) is 0 Å². The van der Waals surface area contributed by atoms with Crippen molar-refractivity contribution in [3.8, 4) is 6.07 Å². The van der Waals surface area contributed by atoms with E-state index in [0.717, 1.165) is 37.6 Å². The Morgan fingerprint density at radius 3 is 2.74 bits per heavy atom. The van der Waals surface area contributed by atoms with Gasteiger partial charge in [0.1, 0.15) is 11.9 Å². The van der Waals surface area contributed by atoms with Crippen molar-refractivity contribution >= 4 is 23.2 Å². The van der Waals surface area contributed by atoms with Crippen LogP contribution >= 0.6 is 11.6 Å². The summed E-state index contributed by atoms with van der Waals surface area (Å²) in [5.74, 6) is 1.70. The summed E-state index contributed by atoms with van der Waals surface area (Å²) in [6.45, 7) is 1.77. The molecule has 0 aromatic carbocycles. The van der Waals surface area contributed by atoms with E-state index >= 15 is 0 Å². The molecule has 0 bridgehead atoms. The molecule has 0 spiro atoms. The normalized spacial score (nSPS) is 15.3. The summed E-state index contributed by atoms with van der Waals surface area (Å²) < 4.78 is 0. The molecule has 1 aliphatic rings. The van der Waals surface area contributed by atoms with Crippen LogP contribution in [0, 0.1) is 11.3 Å². The lowest BCUT2D eigenvalue weighted by atomic mass is 10.0. The first-order chi connectivity index (χ1) is 11.2. The zero-order valence-corrected chi connectivity index (χ0v) is 13.6. The molecule has 23 heavy (non-hydrogen) atoms. The van der Waals surface area contributed by atoms with E-state index < -0.39 is 0 Å². The predicted octanol–water partition coefficient (Wildman–Crippen LogP) is 2.50. The number of hydrogen-bond donors (Lipinski definition) is 0. The van der Waals surface area contributed by atoms with Crippen LogP contribution in [0.2, 0.25) is 5.02 Å². The minimum absolute atomic E-state index is 0.281. The van der Waals surface area contributed by atoms with Gasteiger partial charge in [0, 0.05) is 32.4 Å². The summed E-state index contributed by atoms with van der Waals surface area (Å²) in [4.78, 5) is 8.71. The second-order valence-corrected chi connectivity index (χ2v) is 5.93. The van der Waals surface area contributed by atoms with Crippen LogP contribution in [0.5, 0.6) is 0 Å². The number of anilines is 2. The molecule has 0 amide bonds. The van der Waals surface area contributed by atoms with Gasteiger partial charge < -0.3 is 9.80 Å². The zero-order chi connectivity index (χ0) is 16.2. The molecule has 2 aromatic heterocycles. The Kier molecular flexibility index (Phi) is 4.58. The van der Waals surface area contributed by atoms with Gasteiger partial charge in [0.15, 0.2) is 11.5 Å². The predicted molar refractivity (Wildman–Crippen MR) is 89.6 cm³/mol. The third-order valence-electron chi connectivity index (χ3n) is 4.19. The van der Waals surface area contributed by atoms with E-state index in [1.807, 2.05) is 24.3 Å². The van der Waals surface area contributed by atoms with E-state index in [9.17, 15) is 0 Å². The highest BCUT2D eigenvalue weighted by Crippen LogP contribution is 2.24. The van der Waals surface area contributed by atoms with Crippen molar-refractivity contribution < 1.29 is 0 Å². The van der Waals surface area contributed by atoms with E-state index in [2.05, 4.69) is 32.0 Å². The van der Waals surface area contributed by atoms with Crippen LogP contribution < -0.4 is 9.80 Å². The molecule has 118 valence electrons. The first-order valence-corrected chi connectivity index (χ1v) is 7.89. The first-order valence-electron chi connectivity index (χ1n) is 7.51. The Balaban J connectivity index is 1.66. The van der Waals surface area contributed by atoms with Crippen LogP contribution in [0.1, 0.15) is 18.5 Å². The SMILES string of the molecule is CN(c1cccnn1)C1CCN(c2ccc(Cl)c(C#N)n2)CC1. The molecular formula is C16H17ClN6. The standard InChI is InChI=1S/C16H17ClN6/c1-22(16-3-2-8-19-21-16)12-6-9-23(10-7-12)15-5-4-13(17)14(11-18)20-15/h2-5,8,12H,6-7,9-10H2,1H3. The molecule has 6 nitrogen and oxygen atoms in total. The first kappa shape index (κ1) is 15.5. The van der Waals surface area contributed by atoms with Gasteiger partial charge in [-0.05, 0) is 37.1 Å². The smallest absolute Gasteiger partial charge is 0.161 e. The molecule has 0 radical (unpaired) electrons. The Morgan fingerprint density at radius 1 is 1.30 bits per heavy atom. The third kappa shape index (κ3) is 3.35. The number of rotatable bonds is 3. The number of nitriles is 1. The Labute approximate surface area is 140 Å². The van der Waals surface area contributed by atoms with Gasteiger partial charge in [-0.1, -0.05) is 11.6 Å². The zero-order valence-electron chi connectivity index (χ0n) is 12.9. The molecule has 0 unspecified atom stereocenters. The molecule has 3 heterocycles. The number of hydrogen-bond acceptors (Lipinski definition) is 6. The highest BCUT2D eigenvalue weighted by atomic mass is 35.5. The summed E-state index contributed by atoms with van der Waals surface area (Å²) in [6.07, 6.45) is 3.68. The van der Waals surface area contributed by atoms with E-state index in [1.54, 1.807) is 12.3 Å². The average Bonchev–Trinajstić information content (AvgIpc) is 2.62. The monoisotopic (exact) mass is 328 g/mol. The summed E-state index contributed by atoms with van der Waals surface area (Å²) >= 11 is 5.94. The molecule has 2 aromatic rings. The van der Waals surface area contributed by atoms with Gasteiger partial charge in [-0.25, -0.2) is 4.98 Å². The molecule has 0 aliphatic carbocycles. The van der Waals surface area contributed by atoms with Crippen LogP contribution in [-0.2, 0) is 0 Å². The van der Waals surface area contributed by atoms with Crippen LogP contribution in [0.15, 0.2) is 30.5 Å². The third-order valence-corrected chi connectivity index (χ3v) is 4.50. The molecule has 1 fully saturated rings. The van der Waals surface area contributed by atoms with Crippen molar-refractivity contribution in [3.05, 3.63) is 41.2 Å². The molecule has 1 aliphatic heterocycles. The van der Waals surface area contributed by atoms with Crippen LogP contribution in [0.25, 0.3) is 0 Å². The highest BCUT2D eigenvalue weighted by Gasteiger charge is 2.24. The van der Waals surface area contributed by atoms with Crippen LogP contribution in [-0.4, -0.2) is 41.4 Å². The second-order valence-electron chi connectivity index (χ2n) is 5.52. The van der Waals surface area contributed by atoms with Crippen LogP contribution in [0.4, 0.5) is 11.6 Å². The summed E-state index contributed by atoms with van der Waals surface area (Å²) in [5.41, 5.74) is 0.281. The van der Waals surface area contributed by atoms with E-state index in [1.165, 1.54) is 0 Å². The minimum atomic E-state index is 0.281. The van der Waals surface area contributed by atoms with Gasteiger partial charge in [-0.2, -0.15) is 10.4 Å². The van der Waals surface area contributed by atoms with E-state index in [4.69, 9.17) is 16.9 Å². The van der Waals surface area contributed by atoms with Crippen molar-refractivity contribution in [2.24, 2.45) is 0 Å². The molecule has 0 atom stereocenters. The van der Waals surface area contributed by atoms with Gasteiger partial charge in [-0.15, -0.1) is 5.10 Å². The summed E-state index contributed by atoms with van der Waals surface area (Å²) in [5, 5.41) is 17.5. The van der Waals surface area contributed by atoms with Crippen molar-refractivity contribution in [1.29, 1.82) is 5.26 Å². The average molecular weight is 329 g/mol. The van der Waals surface area contributed by atoms with Crippen molar-refractivity contribution in [2.75, 3.05) is 29.9 Å². The number of halogens is 1. The lowest BCUT2D eigenvalue weighted by Gasteiger charge is -2.37. The number of piperidine rings is 1. The Hall–Kier alpha value is -2.39. The molecular weight excluding hydrogens is 312 g/mol. The molecule has 1 saturated heterocycles. The largest absolute Gasteiger partial charge is 0.356 e. The van der Waals surface area contributed by atoms with Crippen LogP contribution in [0.3, 0.4) is 0 Å². The summed E-state index contributed by atoms with van der Waals surface area (Å²) in [6, 6.07) is 9.93. The fraction of sp³-hybridized carbons (Fsp3) is 0.375. The lowest BCUT2D eigenvalue weighted by Crippen LogP contribution is -2.44. The molecule has 0 saturated carbocycles. The van der Waals surface area contributed by atoms with Gasteiger partial charge in [-0.3, -0.25) is 0 Å². The topological polar surface area (TPSA) is 68.9 Å². The maximum Gasteiger partial charge on any atom is 0.161 e. The molecule has 0 N–H and O–H groups in total. The van der Waals surface area contributed by atoms with Crippen molar-refractivity contribution in [1.82, 2.24) is 15.2 Å². The van der Waals surface area contributed by atoms with Gasteiger partial charge in [0.05, 0.1) is 5.02 Å². The Morgan fingerprint density at radius 2 is 2.09 bits per heavy atom. The lowest BCUT2D eigenvalue weighted by molar-refractivity contribution is 0.477. The number of aromatic nitrogens is 3. The van der Waals surface area contributed by atoms with Crippen molar-refractivity contribution in [3.63, 3.8) is 0 Å². The highest BCUT2D eigenvalue weighted by molar-refractivity contribution is 6.31. The fourth-order valence-electron chi connectivity index (χ4n) is 2.84. The van der Waals surface area contributed by atoms with Crippen molar-refractivity contribution in [2.45, 2.75) is 18.9 Å².